The number of nitrogens with one attached hydrogen (secondary N) is 3. The lowest BCUT2D eigenvalue weighted by Gasteiger charge is -2.47. The van der Waals surface area contributed by atoms with E-state index < -0.39 is 35.0 Å². The molecule has 2 aromatic carbocycles. The summed E-state index contributed by atoms with van der Waals surface area (Å²) in [6.45, 7) is 4.80. The molecule has 35 heavy (non-hydrogen) atoms. The molecule has 7 nitrogen and oxygen atoms in total. The number of carbonyl (C=O) groups excluding carboxylic acids is 3. The minimum atomic E-state index is -1.42. The Morgan fingerprint density at radius 2 is 1.77 bits per heavy atom. The maximum atomic E-state index is 13.8. The van der Waals surface area contributed by atoms with Gasteiger partial charge in [0.15, 0.2) is 0 Å². The highest BCUT2D eigenvalue weighted by molar-refractivity contribution is 6.08. The van der Waals surface area contributed by atoms with Gasteiger partial charge in [0.1, 0.15) is 23.0 Å². The zero-order valence-corrected chi connectivity index (χ0v) is 19.6. The molecule has 4 rings (SSSR count). The van der Waals surface area contributed by atoms with E-state index in [0.717, 1.165) is 24.1 Å². The smallest absolute Gasteiger partial charge is 0.326 e. The van der Waals surface area contributed by atoms with Crippen molar-refractivity contribution in [3.8, 4) is 0 Å². The van der Waals surface area contributed by atoms with Crippen LogP contribution in [0.25, 0.3) is 0 Å². The van der Waals surface area contributed by atoms with Crippen molar-refractivity contribution < 1.29 is 27.6 Å². The molecule has 4 amide bonds. The molecule has 3 N–H and O–H groups in total. The van der Waals surface area contributed by atoms with Crippen molar-refractivity contribution in [2.75, 3.05) is 18.9 Å². The van der Waals surface area contributed by atoms with E-state index in [0.29, 0.717) is 36.2 Å². The van der Waals surface area contributed by atoms with Gasteiger partial charge < -0.3 is 15.5 Å². The van der Waals surface area contributed by atoms with Crippen molar-refractivity contribution in [2.24, 2.45) is 5.92 Å². The topological polar surface area (TPSA) is 90.5 Å². The van der Waals surface area contributed by atoms with Gasteiger partial charge in [0.25, 0.3) is 5.91 Å². The number of carbonyl (C=O) groups is 3. The van der Waals surface area contributed by atoms with Gasteiger partial charge in [-0.05, 0) is 55.9 Å². The Labute approximate surface area is 201 Å². The Bertz CT molecular complexity index is 1170. The van der Waals surface area contributed by atoms with E-state index in [4.69, 9.17) is 0 Å². The van der Waals surface area contributed by atoms with Gasteiger partial charge in [0.05, 0.1) is 5.92 Å². The van der Waals surface area contributed by atoms with Gasteiger partial charge in [-0.15, -0.1) is 0 Å². The number of rotatable bonds is 3. The van der Waals surface area contributed by atoms with Crippen LogP contribution in [0.3, 0.4) is 0 Å². The number of fused-ring (bicyclic) bond motifs is 1. The normalized spacial score (nSPS) is 24.1. The SMILES string of the molecule is Cc1ccc(NC(=O)NC(=O)c2c(F)cc(F)cc2F)cc1C1CC2CNC(C)CC2N(C)C1=O. The number of piperidine rings is 2. The van der Waals surface area contributed by atoms with Crippen LogP contribution in [0.1, 0.15) is 47.2 Å². The molecule has 2 aliphatic rings. The van der Waals surface area contributed by atoms with Crippen LogP contribution in [0, 0.1) is 30.3 Å². The van der Waals surface area contributed by atoms with Crippen LogP contribution < -0.4 is 16.0 Å². The lowest BCUT2D eigenvalue weighted by molar-refractivity contribution is -0.140. The van der Waals surface area contributed by atoms with Crippen LogP contribution in [0.5, 0.6) is 0 Å². The molecule has 0 bridgehead atoms. The third-order valence-electron chi connectivity index (χ3n) is 6.92. The largest absolute Gasteiger partial charge is 0.342 e. The van der Waals surface area contributed by atoms with E-state index in [1.165, 1.54) is 0 Å². The number of hydrogen-bond donors (Lipinski definition) is 3. The number of imide groups is 1. The molecular weight excluding hydrogens is 461 g/mol. The first-order chi connectivity index (χ1) is 16.5. The predicted molar refractivity (Wildman–Crippen MR) is 123 cm³/mol. The molecule has 0 spiro atoms. The fourth-order valence-electron chi connectivity index (χ4n) is 5.09. The summed E-state index contributed by atoms with van der Waals surface area (Å²) in [5.41, 5.74) is 0.888. The zero-order chi connectivity index (χ0) is 25.4. The van der Waals surface area contributed by atoms with Crippen LogP contribution in [-0.2, 0) is 4.79 Å². The Kier molecular flexibility index (Phi) is 6.84. The number of amides is 4. The van der Waals surface area contributed by atoms with Gasteiger partial charge >= 0.3 is 6.03 Å². The number of likely N-dealkylation sites (tertiary alicyclic amines) is 1. The number of hydrogen-bond acceptors (Lipinski definition) is 4. The van der Waals surface area contributed by atoms with E-state index in [1.54, 1.807) is 18.2 Å². The average molecular weight is 489 g/mol. The number of halogens is 3. The standard InChI is InChI=1S/C25H27F3N4O3/c1-12-4-5-16(30-25(35)31-23(33)22-19(27)8-15(26)9-20(22)28)10-17(12)18-7-14-11-29-13(2)6-21(14)32(3)24(18)34/h4-5,8-10,13-14,18,21,29H,6-7,11H2,1-3H3,(H2,30,31,33,35). The summed E-state index contributed by atoms with van der Waals surface area (Å²) in [5.74, 6) is -5.44. The summed E-state index contributed by atoms with van der Waals surface area (Å²) in [6.07, 6.45) is 1.56. The van der Waals surface area contributed by atoms with Crippen LogP contribution in [0.4, 0.5) is 23.7 Å². The van der Waals surface area contributed by atoms with Crippen LogP contribution >= 0.6 is 0 Å². The summed E-state index contributed by atoms with van der Waals surface area (Å²) >= 11 is 0. The molecular formula is C25H27F3N4O3. The maximum Gasteiger partial charge on any atom is 0.326 e. The van der Waals surface area contributed by atoms with E-state index in [-0.39, 0.29) is 17.9 Å². The molecule has 10 heteroatoms. The van der Waals surface area contributed by atoms with Gasteiger partial charge in [-0.3, -0.25) is 14.9 Å². The highest BCUT2D eigenvalue weighted by Gasteiger charge is 2.43. The number of aryl methyl sites for hydroxylation is 1. The number of likely N-dealkylation sites (N-methyl/N-ethyl adjacent to an activating group) is 1. The zero-order valence-electron chi connectivity index (χ0n) is 19.6. The molecule has 0 saturated carbocycles. The summed E-state index contributed by atoms with van der Waals surface area (Å²) in [6, 6.07) is 5.24. The summed E-state index contributed by atoms with van der Waals surface area (Å²) in [7, 11) is 1.83. The first-order valence-corrected chi connectivity index (χ1v) is 11.4. The van der Waals surface area contributed by atoms with E-state index in [9.17, 15) is 27.6 Å². The van der Waals surface area contributed by atoms with Gasteiger partial charge in [0, 0.05) is 43.5 Å². The number of benzene rings is 2. The van der Waals surface area contributed by atoms with Gasteiger partial charge in [-0.1, -0.05) is 6.07 Å². The summed E-state index contributed by atoms with van der Waals surface area (Å²) in [4.78, 5) is 39.6. The van der Waals surface area contributed by atoms with E-state index in [2.05, 4.69) is 17.6 Å². The predicted octanol–water partition coefficient (Wildman–Crippen LogP) is 3.69. The molecule has 4 atom stereocenters. The lowest BCUT2D eigenvalue weighted by Crippen LogP contribution is -2.57. The Hall–Kier alpha value is -3.40. The minimum Gasteiger partial charge on any atom is -0.342 e. The second-order valence-electron chi connectivity index (χ2n) is 9.33. The van der Waals surface area contributed by atoms with Crippen molar-refractivity contribution in [3.63, 3.8) is 0 Å². The fraction of sp³-hybridized carbons (Fsp3) is 0.400. The maximum absolute atomic E-state index is 13.8. The van der Waals surface area contributed by atoms with Gasteiger partial charge in [-0.2, -0.15) is 0 Å². The highest BCUT2D eigenvalue weighted by atomic mass is 19.1. The molecule has 186 valence electrons. The molecule has 4 unspecified atom stereocenters. The molecule has 2 saturated heterocycles. The molecule has 0 aromatic heterocycles. The van der Waals surface area contributed by atoms with Gasteiger partial charge in [-0.25, -0.2) is 18.0 Å². The Balaban J connectivity index is 1.49. The highest BCUT2D eigenvalue weighted by Crippen LogP contribution is 2.39. The first kappa shape index (κ1) is 24.7. The Morgan fingerprint density at radius 1 is 1.09 bits per heavy atom. The third kappa shape index (κ3) is 5.02. The minimum absolute atomic E-state index is 0.0162. The number of anilines is 1. The fourth-order valence-corrected chi connectivity index (χ4v) is 5.09. The van der Waals surface area contributed by atoms with Crippen LogP contribution in [-0.4, -0.2) is 48.4 Å². The van der Waals surface area contributed by atoms with Crippen molar-refractivity contribution in [1.29, 1.82) is 0 Å². The van der Waals surface area contributed by atoms with Gasteiger partial charge in [0.2, 0.25) is 5.91 Å². The lowest BCUT2D eigenvalue weighted by atomic mass is 9.75. The van der Waals surface area contributed by atoms with Crippen molar-refractivity contribution in [2.45, 2.75) is 44.7 Å². The third-order valence-corrected chi connectivity index (χ3v) is 6.92. The van der Waals surface area contributed by atoms with Crippen molar-refractivity contribution in [3.05, 3.63) is 64.5 Å². The number of nitrogens with zero attached hydrogens (tertiary/aromatic N) is 1. The quantitative estimate of drug-likeness (QED) is 0.615. The van der Waals surface area contributed by atoms with E-state index >= 15 is 0 Å². The summed E-state index contributed by atoms with van der Waals surface area (Å²) in [5, 5.41) is 7.78. The monoisotopic (exact) mass is 488 g/mol. The molecule has 0 radical (unpaired) electrons. The second-order valence-corrected chi connectivity index (χ2v) is 9.33. The summed E-state index contributed by atoms with van der Waals surface area (Å²) < 4.78 is 40.8. The molecule has 2 aromatic rings. The van der Waals surface area contributed by atoms with Crippen LogP contribution in [0.2, 0.25) is 0 Å². The second kappa shape index (κ2) is 9.69. The Morgan fingerprint density at radius 3 is 2.46 bits per heavy atom. The average Bonchev–Trinajstić information content (AvgIpc) is 2.77. The van der Waals surface area contributed by atoms with Crippen molar-refractivity contribution in [1.82, 2.24) is 15.5 Å². The van der Waals surface area contributed by atoms with Crippen molar-refractivity contribution >= 4 is 23.5 Å². The molecule has 0 aliphatic carbocycles. The van der Waals surface area contributed by atoms with E-state index in [1.807, 2.05) is 24.2 Å². The van der Waals surface area contributed by atoms with Crippen LogP contribution in [0.15, 0.2) is 30.3 Å². The molecule has 2 aliphatic heterocycles. The first-order valence-electron chi connectivity index (χ1n) is 11.4. The number of urea groups is 1. The molecule has 2 heterocycles. The molecule has 2 fully saturated rings.